The zero-order valence-electron chi connectivity index (χ0n) is 11.3. The summed E-state index contributed by atoms with van der Waals surface area (Å²) >= 11 is 0. The minimum absolute atomic E-state index is 0.301. The van der Waals surface area contributed by atoms with Crippen LogP contribution in [0.2, 0.25) is 0 Å². The summed E-state index contributed by atoms with van der Waals surface area (Å²) in [5.74, 6) is 0.301. The van der Waals surface area contributed by atoms with Crippen LogP contribution in [-0.4, -0.2) is 23.3 Å². The van der Waals surface area contributed by atoms with Crippen molar-refractivity contribution < 1.29 is 0 Å². The van der Waals surface area contributed by atoms with Crippen molar-refractivity contribution in [3.05, 3.63) is 58.9 Å². The Bertz CT molecular complexity index is 551. The number of fused-ring (bicyclic) bond motifs is 1. The molecule has 0 saturated carbocycles. The van der Waals surface area contributed by atoms with E-state index in [-0.39, 0.29) is 0 Å². The highest BCUT2D eigenvalue weighted by atomic mass is 15.1. The van der Waals surface area contributed by atoms with Crippen molar-refractivity contribution >= 4 is 0 Å². The summed E-state index contributed by atoms with van der Waals surface area (Å²) in [6, 6.07) is 12.7. The van der Waals surface area contributed by atoms with Gasteiger partial charge in [-0.05, 0) is 30.2 Å². The fourth-order valence-corrected chi connectivity index (χ4v) is 2.58. The Morgan fingerprint density at radius 1 is 1.05 bits per heavy atom. The number of nitrogens with zero attached hydrogens (tertiary/aromatic N) is 2. The van der Waals surface area contributed by atoms with E-state index in [2.05, 4.69) is 52.8 Å². The molecule has 1 aliphatic heterocycles. The van der Waals surface area contributed by atoms with Gasteiger partial charge in [0.2, 0.25) is 0 Å². The van der Waals surface area contributed by atoms with Gasteiger partial charge in [0.05, 0.1) is 11.4 Å². The molecular formula is C16H19N3. The Morgan fingerprint density at radius 3 is 2.68 bits per heavy atom. The molecule has 0 radical (unpaired) electrons. The van der Waals surface area contributed by atoms with Crippen LogP contribution >= 0.6 is 0 Å². The first-order chi connectivity index (χ1) is 9.34. The lowest BCUT2D eigenvalue weighted by atomic mass is 9.96. The van der Waals surface area contributed by atoms with Crippen LogP contribution in [-0.2, 0) is 12.8 Å². The standard InChI is InChI=1S/C16H19N3/c1-12(13-5-3-2-4-6-13)16-11-14-7-9-17-10-8-15(14)18-19-16/h2-6,11-12,17H,7-10H2,1H3. The lowest BCUT2D eigenvalue weighted by Crippen LogP contribution is -2.16. The summed E-state index contributed by atoms with van der Waals surface area (Å²) in [5, 5.41) is 12.3. The van der Waals surface area contributed by atoms with Gasteiger partial charge in [-0.1, -0.05) is 37.3 Å². The van der Waals surface area contributed by atoms with E-state index in [9.17, 15) is 0 Å². The molecule has 0 fully saturated rings. The van der Waals surface area contributed by atoms with Crippen molar-refractivity contribution in [3.63, 3.8) is 0 Å². The third kappa shape index (κ3) is 2.66. The summed E-state index contributed by atoms with van der Waals surface area (Å²) in [4.78, 5) is 0. The van der Waals surface area contributed by atoms with Gasteiger partial charge in [0.25, 0.3) is 0 Å². The zero-order valence-corrected chi connectivity index (χ0v) is 11.3. The molecule has 19 heavy (non-hydrogen) atoms. The smallest absolute Gasteiger partial charge is 0.0705 e. The molecule has 98 valence electrons. The monoisotopic (exact) mass is 253 g/mol. The summed E-state index contributed by atoms with van der Waals surface area (Å²) in [6.45, 7) is 4.24. The van der Waals surface area contributed by atoms with Crippen molar-refractivity contribution in [2.75, 3.05) is 13.1 Å². The molecule has 1 aliphatic rings. The molecule has 1 unspecified atom stereocenters. The van der Waals surface area contributed by atoms with Crippen LogP contribution in [0, 0.1) is 0 Å². The van der Waals surface area contributed by atoms with Gasteiger partial charge in [0.1, 0.15) is 0 Å². The maximum Gasteiger partial charge on any atom is 0.0705 e. The average Bonchev–Trinajstić information content (AvgIpc) is 2.72. The van der Waals surface area contributed by atoms with Gasteiger partial charge in [0.15, 0.2) is 0 Å². The maximum atomic E-state index is 4.44. The third-order valence-electron chi connectivity index (χ3n) is 3.83. The molecule has 0 saturated heterocycles. The Hall–Kier alpha value is -1.74. The minimum atomic E-state index is 0.301. The molecule has 1 N–H and O–H groups in total. The van der Waals surface area contributed by atoms with Crippen LogP contribution in [0.1, 0.15) is 35.4 Å². The summed E-state index contributed by atoms with van der Waals surface area (Å²) in [6.07, 6.45) is 2.04. The first kappa shape index (κ1) is 12.3. The minimum Gasteiger partial charge on any atom is -0.316 e. The molecule has 2 aromatic rings. The molecule has 3 rings (SSSR count). The van der Waals surface area contributed by atoms with Crippen LogP contribution in [0.5, 0.6) is 0 Å². The highest BCUT2D eigenvalue weighted by Crippen LogP contribution is 2.23. The predicted octanol–water partition coefficient (Wildman–Crippen LogP) is 2.32. The largest absolute Gasteiger partial charge is 0.316 e. The van der Waals surface area contributed by atoms with Gasteiger partial charge in [-0.3, -0.25) is 0 Å². The quantitative estimate of drug-likeness (QED) is 0.892. The Kier molecular flexibility index (Phi) is 3.56. The van der Waals surface area contributed by atoms with Crippen LogP contribution in [0.15, 0.2) is 36.4 Å². The fraction of sp³-hybridized carbons (Fsp3) is 0.375. The highest BCUT2D eigenvalue weighted by Gasteiger charge is 2.15. The van der Waals surface area contributed by atoms with Crippen LogP contribution in [0.4, 0.5) is 0 Å². The lowest BCUT2D eigenvalue weighted by Gasteiger charge is -2.13. The van der Waals surface area contributed by atoms with Crippen LogP contribution in [0.3, 0.4) is 0 Å². The highest BCUT2D eigenvalue weighted by molar-refractivity contribution is 5.31. The van der Waals surface area contributed by atoms with E-state index < -0.39 is 0 Å². The normalized spacial score (nSPS) is 16.5. The van der Waals surface area contributed by atoms with Crippen molar-refractivity contribution in [2.24, 2.45) is 0 Å². The molecular weight excluding hydrogens is 234 g/mol. The molecule has 0 aliphatic carbocycles. The molecule has 1 aromatic carbocycles. The molecule has 1 atom stereocenters. The average molecular weight is 253 g/mol. The lowest BCUT2D eigenvalue weighted by molar-refractivity contribution is 0.706. The van der Waals surface area contributed by atoms with Crippen LogP contribution < -0.4 is 5.32 Å². The molecule has 3 heteroatoms. The number of rotatable bonds is 2. The van der Waals surface area contributed by atoms with E-state index in [0.717, 1.165) is 37.3 Å². The van der Waals surface area contributed by atoms with Crippen molar-refractivity contribution in [2.45, 2.75) is 25.7 Å². The number of benzene rings is 1. The van der Waals surface area contributed by atoms with Crippen molar-refractivity contribution in [1.29, 1.82) is 0 Å². The van der Waals surface area contributed by atoms with Crippen LogP contribution in [0.25, 0.3) is 0 Å². The van der Waals surface area contributed by atoms with Crippen molar-refractivity contribution in [3.8, 4) is 0 Å². The second-order valence-corrected chi connectivity index (χ2v) is 5.12. The number of nitrogens with one attached hydrogen (secondary N) is 1. The molecule has 0 amide bonds. The van der Waals surface area contributed by atoms with Gasteiger partial charge in [-0.25, -0.2) is 0 Å². The first-order valence-electron chi connectivity index (χ1n) is 6.95. The molecule has 0 bridgehead atoms. The first-order valence-corrected chi connectivity index (χ1v) is 6.95. The zero-order chi connectivity index (χ0) is 13.1. The van der Waals surface area contributed by atoms with E-state index in [0.29, 0.717) is 5.92 Å². The molecule has 3 nitrogen and oxygen atoms in total. The summed E-state index contributed by atoms with van der Waals surface area (Å²) in [5.41, 5.74) is 4.89. The molecule has 2 heterocycles. The van der Waals surface area contributed by atoms with E-state index in [1.807, 2.05) is 6.07 Å². The predicted molar refractivity (Wildman–Crippen MR) is 76.3 cm³/mol. The maximum absolute atomic E-state index is 4.44. The summed E-state index contributed by atoms with van der Waals surface area (Å²) in [7, 11) is 0. The SMILES string of the molecule is CC(c1ccccc1)c1cc2c(nn1)CCNCC2. The number of hydrogen-bond donors (Lipinski definition) is 1. The van der Waals surface area contributed by atoms with Gasteiger partial charge in [-0.2, -0.15) is 10.2 Å². The van der Waals surface area contributed by atoms with Gasteiger partial charge in [0, 0.05) is 18.9 Å². The van der Waals surface area contributed by atoms with Gasteiger partial charge < -0.3 is 5.32 Å². The fourth-order valence-electron chi connectivity index (χ4n) is 2.58. The Balaban J connectivity index is 1.91. The third-order valence-corrected chi connectivity index (χ3v) is 3.83. The van der Waals surface area contributed by atoms with Gasteiger partial charge >= 0.3 is 0 Å². The molecule has 0 spiro atoms. The van der Waals surface area contributed by atoms with E-state index in [4.69, 9.17) is 0 Å². The second kappa shape index (κ2) is 5.49. The Labute approximate surface area is 114 Å². The number of aromatic nitrogens is 2. The van der Waals surface area contributed by atoms with E-state index in [1.54, 1.807) is 0 Å². The topological polar surface area (TPSA) is 37.8 Å². The van der Waals surface area contributed by atoms with E-state index in [1.165, 1.54) is 11.1 Å². The Morgan fingerprint density at radius 2 is 1.84 bits per heavy atom. The second-order valence-electron chi connectivity index (χ2n) is 5.12. The summed E-state index contributed by atoms with van der Waals surface area (Å²) < 4.78 is 0. The van der Waals surface area contributed by atoms with E-state index >= 15 is 0 Å². The van der Waals surface area contributed by atoms with Crippen molar-refractivity contribution in [1.82, 2.24) is 15.5 Å². The number of hydrogen-bond acceptors (Lipinski definition) is 3. The molecule has 1 aromatic heterocycles. The van der Waals surface area contributed by atoms with Gasteiger partial charge in [-0.15, -0.1) is 0 Å².